The van der Waals surface area contributed by atoms with Gasteiger partial charge < -0.3 is 15.0 Å². The van der Waals surface area contributed by atoms with E-state index in [9.17, 15) is 0 Å². The average molecular weight is 284 g/mol. The fourth-order valence-corrected chi connectivity index (χ4v) is 2.54. The molecule has 0 spiro atoms. The van der Waals surface area contributed by atoms with Crippen LogP contribution in [0.2, 0.25) is 5.02 Å². The Kier molecular flexibility index (Phi) is 5.02. The summed E-state index contributed by atoms with van der Waals surface area (Å²) in [5.41, 5.74) is 1.12. The highest BCUT2D eigenvalue weighted by Crippen LogP contribution is 2.28. The third kappa shape index (κ3) is 3.59. The Morgan fingerprint density at radius 1 is 1.53 bits per heavy atom. The number of ether oxygens (including phenoxy) is 1. The summed E-state index contributed by atoms with van der Waals surface area (Å²) < 4.78 is 5.64. The van der Waals surface area contributed by atoms with Gasteiger partial charge in [-0.1, -0.05) is 18.5 Å². The molecule has 1 aromatic rings. The van der Waals surface area contributed by atoms with Crippen LogP contribution in [0.1, 0.15) is 26.3 Å². The van der Waals surface area contributed by atoms with E-state index in [4.69, 9.17) is 16.3 Å². The Balaban J connectivity index is 2.15. The van der Waals surface area contributed by atoms with Crippen LogP contribution in [-0.4, -0.2) is 36.8 Å². The molecule has 1 aliphatic heterocycles. The minimum absolute atomic E-state index is 0.218. The summed E-state index contributed by atoms with van der Waals surface area (Å²) in [4.78, 5) is 6.77. The Morgan fingerprint density at radius 3 is 3.00 bits per heavy atom. The maximum absolute atomic E-state index is 6.38. The van der Waals surface area contributed by atoms with Crippen molar-refractivity contribution in [2.24, 2.45) is 0 Å². The van der Waals surface area contributed by atoms with Crippen LogP contribution >= 0.6 is 11.6 Å². The zero-order valence-corrected chi connectivity index (χ0v) is 12.6. The maximum Gasteiger partial charge on any atom is 0.147 e. The van der Waals surface area contributed by atoms with Gasteiger partial charge in [0.2, 0.25) is 0 Å². The molecule has 4 nitrogen and oxygen atoms in total. The second-order valence-corrected chi connectivity index (χ2v) is 5.48. The molecule has 1 fully saturated rings. The second kappa shape index (κ2) is 6.55. The molecule has 1 aliphatic rings. The maximum atomic E-state index is 6.38. The van der Waals surface area contributed by atoms with E-state index in [1.807, 2.05) is 12.3 Å². The topological polar surface area (TPSA) is 37.4 Å². The van der Waals surface area contributed by atoms with Gasteiger partial charge in [-0.3, -0.25) is 0 Å². The van der Waals surface area contributed by atoms with E-state index in [1.54, 1.807) is 0 Å². The zero-order valence-electron chi connectivity index (χ0n) is 11.8. The molecule has 2 heterocycles. The quantitative estimate of drug-likeness (QED) is 0.921. The van der Waals surface area contributed by atoms with Gasteiger partial charge in [0, 0.05) is 19.3 Å². The second-order valence-electron chi connectivity index (χ2n) is 5.07. The van der Waals surface area contributed by atoms with Gasteiger partial charge in [-0.05, 0) is 32.0 Å². The number of pyridine rings is 1. The fraction of sp³-hybridized carbons (Fsp3) is 0.643. The van der Waals surface area contributed by atoms with E-state index in [2.05, 4.69) is 36.0 Å². The monoisotopic (exact) mass is 283 g/mol. The molecule has 106 valence electrons. The van der Waals surface area contributed by atoms with Crippen LogP contribution in [-0.2, 0) is 11.3 Å². The van der Waals surface area contributed by atoms with E-state index in [0.29, 0.717) is 6.04 Å². The molecule has 0 saturated carbocycles. The highest BCUT2D eigenvalue weighted by Gasteiger charge is 2.26. The number of morpholine rings is 1. The molecule has 19 heavy (non-hydrogen) atoms. The van der Waals surface area contributed by atoms with Crippen LogP contribution in [0.5, 0.6) is 0 Å². The van der Waals surface area contributed by atoms with Crippen molar-refractivity contribution in [3.8, 4) is 0 Å². The number of hydrogen-bond donors (Lipinski definition) is 1. The van der Waals surface area contributed by atoms with Crippen molar-refractivity contribution in [3.63, 3.8) is 0 Å². The summed E-state index contributed by atoms with van der Waals surface area (Å²) in [6.07, 6.45) is 2.12. The summed E-state index contributed by atoms with van der Waals surface area (Å²) in [5, 5.41) is 3.99. The molecule has 0 amide bonds. The number of halogens is 1. The molecule has 1 saturated heterocycles. The molecule has 0 radical (unpaired) electrons. The lowest BCUT2D eigenvalue weighted by molar-refractivity contribution is 0.0340. The number of aromatic nitrogens is 1. The van der Waals surface area contributed by atoms with Gasteiger partial charge >= 0.3 is 0 Å². The summed E-state index contributed by atoms with van der Waals surface area (Å²) in [7, 11) is 0. The third-order valence-corrected chi connectivity index (χ3v) is 3.62. The molecule has 1 aromatic heterocycles. The SMILES string of the molecule is CCNCc1cnc(N2CC(C)OCC2C)c(Cl)c1. The zero-order chi connectivity index (χ0) is 13.8. The molecule has 0 aliphatic carbocycles. The van der Waals surface area contributed by atoms with Gasteiger partial charge in [0.25, 0.3) is 0 Å². The summed E-state index contributed by atoms with van der Waals surface area (Å²) in [6.45, 7) is 9.59. The Morgan fingerprint density at radius 2 is 2.32 bits per heavy atom. The van der Waals surface area contributed by atoms with Crippen LogP contribution in [0.3, 0.4) is 0 Å². The van der Waals surface area contributed by atoms with Gasteiger partial charge in [-0.2, -0.15) is 0 Å². The van der Waals surface area contributed by atoms with Crippen molar-refractivity contribution < 1.29 is 4.74 Å². The van der Waals surface area contributed by atoms with Crippen molar-refractivity contribution in [2.75, 3.05) is 24.6 Å². The van der Waals surface area contributed by atoms with Crippen molar-refractivity contribution >= 4 is 17.4 Å². The number of nitrogens with zero attached hydrogens (tertiary/aromatic N) is 2. The first kappa shape index (κ1) is 14.6. The van der Waals surface area contributed by atoms with Gasteiger partial charge in [0.05, 0.1) is 23.8 Å². The van der Waals surface area contributed by atoms with Crippen LogP contribution in [0, 0.1) is 0 Å². The lowest BCUT2D eigenvalue weighted by Gasteiger charge is -2.38. The molecule has 2 rings (SSSR count). The van der Waals surface area contributed by atoms with Gasteiger partial charge in [-0.25, -0.2) is 4.98 Å². The Labute approximate surface area is 120 Å². The number of hydrogen-bond acceptors (Lipinski definition) is 4. The largest absolute Gasteiger partial charge is 0.375 e. The van der Waals surface area contributed by atoms with E-state index in [1.165, 1.54) is 0 Å². The normalized spacial score (nSPS) is 23.7. The Bertz CT molecular complexity index is 427. The fourth-order valence-electron chi connectivity index (χ4n) is 2.25. The van der Waals surface area contributed by atoms with E-state index in [0.717, 1.165) is 42.6 Å². The first-order valence-corrected chi connectivity index (χ1v) is 7.23. The smallest absolute Gasteiger partial charge is 0.147 e. The minimum Gasteiger partial charge on any atom is -0.375 e. The minimum atomic E-state index is 0.218. The first-order valence-electron chi connectivity index (χ1n) is 6.85. The lowest BCUT2D eigenvalue weighted by atomic mass is 10.2. The molecule has 2 atom stereocenters. The lowest BCUT2D eigenvalue weighted by Crippen LogP contribution is -2.47. The molecule has 2 unspecified atom stereocenters. The molecular formula is C14H22ClN3O. The molecule has 0 bridgehead atoms. The van der Waals surface area contributed by atoms with Crippen LogP contribution in [0.4, 0.5) is 5.82 Å². The first-order chi connectivity index (χ1) is 9.11. The van der Waals surface area contributed by atoms with Crippen molar-refractivity contribution in [2.45, 2.75) is 39.5 Å². The average Bonchev–Trinajstić information content (AvgIpc) is 2.40. The predicted octanol–water partition coefficient (Wildman–Crippen LogP) is 2.46. The third-order valence-electron chi connectivity index (χ3n) is 3.34. The van der Waals surface area contributed by atoms with E-state index in [-0.39, 0.29) is 6.10 Å². The van der Waals surface area contributed by atoms with Crippen molar-refractivity contribution in [3.05, 3.63) is 22.8 Å². The summed E-state index contributed by atoms with van der Waals surface area (Å²) in [5.74, 6) is 0.865. The van der Waals surface area contributed by atoms with Crippen molar-refractivity contribution in [1.82, 2.24) is 10.3 Å². The van der Waals surface area contributed by atoms with Crippen LogP contribution in [0.15, 0.2) is 12.3 Å². The van der Waals surface area contributed by atoms with Gasteiger partial charge in [-0.15, -0.1) is 0 Å². The van der Waals surface area contributed by atoms with Crippen LogP contribution in [0.25, 0.3) is 0 Å². The number of rotatable bonds is 4. The number of nitrogens with one attached hydrogen (secondary N) is 1. The van der Waals surface area contributed by atoms with Gasteiger partial charge in [0.15, 0.2) is 0 Å². The molecule has 1 N–H and O–H groups in total. The highest BCUT2D eigenvalue weighted by molar-refractivity contribution is 6.33. The number of anilines is 1. The Hall–Kier alpha value is -0.840. The predicted molar refractivity (Wildman–Crippen MR) is 78.8 cm³/mol. The highest BCUT2D eigenvalue weighted by atomic mass is 35.5. The molecular weight excluding hydrogens is 262 g/mol. The van der Waals surface area contributed by atoms with Gasteiger partial charge in [0.1, 0.15) is 5.82 Å². The molecule has 5 heteroatoms. The standard InChI is InChI=1S/C14H22ClN3O/c1-4-16-6-12-5-13(15)14(17-7-12)18-8-11(3)19-9-10(18)2/h5,7,10-11,16H,4,6,8-9H2,1-3H3. The van der Waals surface area contributed by atoms with Crippen molar-refractivity contribution in [1.29, 1.82) is 0 Å². The molecule has 0 aromatic carbocycles. The van der Waals surface area contributed by atoms with E-state index >= 15 is 0 Å². The van der Waals surface area contributed by atoms with Crippen LogP contribution < -0.4 is 10.2 Å². The van der Waals surface area contributed by atoms with E-state index < -0.39 is 0 Å². The summed E-state index contributed by atoms with van der Waals surface area (Å²) in [6, 6.07) is 2.31. The summed E-state index contributed by atoms with van der Waals surface area (Å²) >= 11 is 6.38.